The van der Waals surface area contributed by atoms with Gasteiger partial charge < -0.3 is 9.47 Å². The van der Waals surface area contributed by atoms with Gasteiger partial charge in [0.25, 0.3) is 5.91 Å². The van der Waals surface area contributed by atoms with Crippen LogP contribution in [-0.4, -0.2) is 25.3 Å². The van der Waals surface area contributed by atoms with Crippen LogP contribution in [-0.2, 0) is 4.79 Å². The Kier molecular flexibility index (Phi) is 5.95. The summed E-state index contributed by atoms with van der Waals surface area (Å²) in [6.07, 6.45) is 0. The molecule has 0 bridgehead atoms. The van der Waals surface area contributed by atoms with Crippen molar-refractivity contribution in [2.45, 2.75) is 20.8 Å². The molecule has 0 aromatic heterocycles. The SMILES string of the molecule is COc1ccc(C(C)=NNC(=O)COc2cccc(C)c2C)cc1. The zero-order valence-electron chi connectivity index (χ0n) is 14.4. The molecule has 0 aliphatic heterocycles. The van der Waals surface area contributed by atoms with Gasteiger partial charge in [-0.3, -0.25) is 4.79 Å². The van der Waals surface area contributed by atoms with E-state index in [1.807, 2.05) is 63.2 Å². The molecule has 2 aromatic rings. The van der Waals surface area contributed by atoms with Gasteiger partial charge in [0.1, 0.15) is 11.5 Å². The highest BCUT2D eigenvalue weighted by atomic mass is 16.5. The van der Waals surface area contributed by atoms with Crippen LogP contribution in [0.3, 0.4) is 0 Å². The molecule has 5 nitrogen and oxygen atoms in total. The fourth-order valence-electron chi connectivity index (χ4n) is 2.10. The molecule has 0 unspecified atom stereocenters. The van der Waals surface area contributed by atoms with E-state index in [1.54, 1.807) is 7.11 Å². The minimum Gasteiger partial charge on any atom is -0.497 e. The van der Waals surface area contributed by atoms with E-state index in [9.17, 15) is 4.79 Å². The molecule has 0 aliphatic rings. The summed E-state index contributed by atoms with van der Waals surface area (Å²) in [6, 6.07) is 13.2. The Morgan fingerprint density at radius 3 is 2.50 bits per heavy atom. The van der Waals surface area contributed by atoms with Gasteiger partial charge in [0.15, 0.2) is 6.61 Å². The van der Waals surface area contributed by atoms with E-state index in [4.69, 9.17) is 9.47 Å². The lowest BCUT2D eigenvalue weighted by molar-refractivity contribution is -0.123. The summed E-state index contributed by atoms with van der Waals surface area (Å²) >= 11 is 0. The zero-order valence-corrected chi connectivity index (χ0v) is 14.4. The number of rotatable bonds is 6. The van der Waals surface area contributed by atoms with Gasteiger partial charge in [-0.15, -0.1) is 0 Å². The molecule has 126 valence electrons. The van der Waals surface area contributed by atoms with Crippen LogP contribution in [0.25, 0.3) is 0 Å². The minimum atomic E-state index is -0.302. The fraction of sp³-hybridized carbons (Fsp3) is 0.263. The molecule has 2 rings (SSSR count). The lowest BCUT2D eigenvalue weighted by atomic mass is 10.1. The highest BCUT2D eigenvalue weighted by Crippen LogP contribution is 2.20. The number of nitrogens with zero attached hydrogens (tertiary/aromatic N) is 1. The van der Waals surface area contributed by atoms with Crippen molar-refractivity contribution in [2.24, 2.45) is 5.10 Å². The summed E-state index contributed by atoms with van der Waals surface area (Å²) in [5.41, 5.74) is 6.28. The van der Waals surface area contributed by atoms with Gasteiger partial charge in [-0.1, -0.05) is 12.1 Å². The zero-order chi connectivity index (χ0) is 17.5. The van der Waals surface area contributed by atoms with Gasteiger partial charge in [0, 0.05) is 0 Å². The van der Waals surface area contributed by atoms with Gasteiger partial charge >= 0.3 is 0 Å². The van der Waals surface area contributed by atoms with Crippen molar-refractivity contribution in [3.63, 3.8) is 0 Å². The first-order valence-corrected chi connectivity index (χ1v) is 7.68. The largest absolute Gasteiger partial charge is 0.497 e. The summed E-state index contributed by atoms with van der Waals surface area (Å²) in [4.78, 5) is 11.9. The average molecular weight is 326 g/mol. The number of carbonyl (C=O) groups is 1. The van der Waals surface area contributed by atoms with Crippen molar-refractivity contribution in [3.8, 4) is 11.5 Å². The number of ether oxygens (including phenoxy) is 2. The Hall–Kier alpha value is -2.82. The number of benzene rings is 2. The van der Waals surface area contributed by atoms with Crippen molar-refractivity contribution in [3.05, 3.63) is 59.2 Å². The van der Waals surface area contributed by atoms with Gasteiger partial charge in [-0.2, -0.15) is 5.10 Å². The Labute approximate surface area is 142 Å². The van der Waals surface area contributed by atoms with E-state index in [2.05, 4.69) is 10.5 Å². The Morgan fingerprint density at radius 1 is 1.12 bits per heavy atom. The van der Waals surface area contributed by atoms with Crippen molar-refractivity contribution in [1.82, 2.24) is 5.43 Å². The molecule has 0 fully saturated rings. The normalized spacial score (nSPS) is 11.1. The second-order valence-corrected chi connectivity index (χ2v) is 5.45. The third kappa shape index (κ3) is 4.59. The van der Waals surface area contributed by atoms with Gasteiger partial charge in [0.2, 0.25) is 0 Å². The van der Waals surface area contributed by atoms with Crippen LogP contribution in [0.2, 0.25) is 0 Å². The molecule has 0 saturated carbocycles. The summed E-state index contributed by atoms with van der Waals surface area (Å²) in [5.74, 6) is 1.18. The lowest BCUT2D eigenvalue weighted by Crippen LogP contribution is -2.25. The number of methoxy groups -OCH3 is 1. The molecule has 2 aromatic carbocycles. The number of hydrogen-bond acceptors (Lipinski definition) is 4. The minimum absolute atomic E-state index is 0.0797. The van der Waals surface area contributed by atoms with Crippen LogP contribution in [0.5, 0.6) is 11.5 Å². The molecule has 1 amide bonds. The van der Waals surface area contributed by atoms with Crippen LogP contribution in [0, 0.1) is 13.8 Å². The van der Waals surface area contributed by atoms with Crippen LogP contribution in [0.1, 0.15) is 23.6 Å². The van der Waals surface area contributed by atoms with Crippen LogP contribution in [0.15, 0.2) is 47.6 Å². The summed E-state index contributed by atoms with van der Waals surface area (Å²) in [7, 11) is 1.62. The maximum absolute atomic E-state index is 11.9. The number of nitrogens with one attached hydrogen (secondary N) is 1. The van der Waals surface area contributed by atoms with Crippen molar-refractivity contribution in [1.29, 1.82) is 0 Å². The molecule has 0 aliphatic carbocycles. The van der Waals surface area contributed by atoms with E-state index >= 15 is 0 Å². The smallest absolute Gasteiger partial charge is 0.277 e. The van der Waals surface area contributed by atoms with Crippen molar-refractivity contribution in [2.75, 3.05) is 13.7 Å². The molecule has 0 spiro atoms. The Bertz CT molecular complexity index is 737. The van der Waals surface area contributed by atoms with Crippen molar-refractivity contribution >= 4 is 11.6 Å². The highest BCUT2D eigenvalue weighted by Gasteiger charge is 2.06. The summed E-state index contributed by atoms with van der Waals surface area (Å²) in [6.45, 7) is 5.72. The second kappa shape index (κ2) is 8.15. The molecule has 0 saturated heterocycles. The van der Waals surface area contributed by atoms with E-state index in [-0.39, 0.29) is 12.5 Å². The Morgan fingerprint density at radius 2 is 1.83 bits per heavy atom. The van der Waals surface area contributed by atoms with E-state index in [0.29, 0.717) is 11.5 Å². The van der Waals surface area contributed by atoms with Gasteiger partial charge in [-0.25, -0.2) is 5.43 Å². The van der Waals surface area contributed by atoms with E-state index in [0.717, 1.165) is 22.4 Å². The maximum atomic E-state index is 11.9. The Balaban J connectivity index is 1.90. The quantitative estimate of drug-likeness (QED) is 0.655. The summed E-state index contributed by atoms with van der Waals surface area (Å²) < 4.78 is 10.7. The van der Waals surface area contributed by atoms with Crippen molar-refractivity contribution < 1.29 is 14.3 Å². The highest BCUT2D eigenvalue weighted by molar-refractivity contribution is 5.99. The van der Waals surface area contributed by atoms with Crippen LogP contribution < -0.4 is 14.9 Å². The third-order valence-electron chi connectivity index (χ3n) is 3.77. The molecular formula is C19H22N2O3. The lowest BCUT2D eigenvalue weighted by Gasteiger charge is -2.10. The molecule has 1 N–H and O–H groups in total. The molecule has 0 atom stereocenters. The van der Waals surface area contributed by atoms with Gasteiger partial charge in [0.05, 0.1) is 12.8 Å². The first kappa shape index (κ1) is 17.5. The third-order valence-corrected chi connectivity index (χ3v) is 3.77. The summed E-state index contributed by atoms with van der Waals surface area (Å²) in [5, 5.41) is 4.10. The predicted molar refractivity (Wildman–Crippen MR) is 94.8 cm³/mol. The first-order chi connectivity index (χ1) is 11.5. The fourth-order valence-corrected chi connectivity index (χ4v) is 2.10. The predicted octanol–water partition coefficient (Wildman–Crippen LogP) is 3.23. The average Bonchev–Trinajstić information content (AvgIpc) is 2.61. The maximum Gasteiger partial charge on any atom is 0.277 e. The number of aryl methyl sites for hydroxylation is 1. The monoisotopic (exact) mass is 326 g/mol. The topological polar surface area (TPSA) is 59.9 Å². The standard InChI is InChI=1S/C19H22N2O3/c1-13-6-5-7-18(14(13)2)24-12-19(22)21-20-15(3)16-8-10-17(23-4)11-9-16/h5-11H,12H2,1-4H3,(H,21,22). The molecular weight excluding hydrogens is 304 g/mol. The van der Waals surface area contributed by atoms with Crippen LogP contribution in [0.4, 0.5) is 0 Å². The molecule has 5 heteroatoms. The van der Waals surface area contributed by atoms with E-state index in [1.165, 1.54) is 0 Å². The molecule has 24 heavy (non-hydrogen) atoms. The van der Waals surface area contributed by atoms with Gasteiger partial charge in [-0.05, 0) is 67.8 Å². The molecule has 0 heterocycles. The number of carbonyl (C=O) groups excluding carboxylic acids is 1. The van der Waals surface area contributed by atoms with E-state index < -0.39 is 0 Å². The number of amides is 1. The number of hydrazone groups is 1. The second-order valence-electron chi connectivity index (χ2n) is 5.45. The van der Waals surface area contributed by atoms with Crippen LogP contribution >= 0.6 is 0 Å². The molecule has 0 radical (unpaired) electrons. The number of hydrogen-bond donors (Lipinski definition) is 1. The first-order valence-electron chi connectivity index (χ1n) is 7.68.